The second kappa shape index (κ2) is 12.1. The van der Waals surface area contributed by atoms with E-state index in [1.807, 2.05) is 30.3 Å². The van der Waals surface area contributed by atoms with Gasteiger partial charge in [-0.25, -0.2) is 36.9 Å². The quantitative estimate of drug-likeness (QED) is 0.181. The number of carbonyl (C=O) groups excluding carboxylic acids is 1. The summed E-state index contributed by atoms with van der Waals surface area (Å²) in [7, 11) is -3.90. The van der Waals surface area contributed by atoms with Gasteiger partial charge in [0.15, 0.2) is 11.6 Å². The van der Waals surface area contributed by atoms with Gasteiger partial charge in [0.1, 0.15) is 22.9 Å². The van der Waals surface area contributed by atoms with E-state index in [0.29, 0.717) is 17.9 Å². The Bertz CT molecular complexity index is 1900. The number of nitrogen functional groups attached to an aromatic ring is 1. The average molecular weight is 610 g/mol. The predicted octanol–water partition coefficient (Wildman–Crippen LogP) is 4.45. The first kappa shape index (κ1) is 29.0. The van der Waals surface area contributed by atoms with Crippen LogP contribution in [0.25, 0.3) is 21.3 Å². The number of benzene rings is 2. The van der Waals surface area contributed by atoms with Crippen LogP contribution < -0.4 is 21.1 Å². The number of pyridine rings is 1. The van der Waals surface area contributed by atoms with Gasteiger partial charge in [-0.1, -0.05) is 19.1 Å². The molecule has 14 heteroatoms. The Morgan fingerprint density at radius 3 is 2.60 bits per heavy atom. The van der Waals surface area contributed by atoms with Gasteiger partial charge < -0.3 is 16.4 Å². The number of halogens is 2. The molecule has 0 saturated heterocycles. The highest BCUT2D eigenvalue weighted by Gasteiger charge is 2.20. The second-order valence-electron chi connectivity index (χ2n) is 9.11. The molecule has 0 saturated carbocycles. The largest absolute Gasteiger partial charge is 0.383 e. The molecule has 42 heavy (non-hydrogen) atoms. The number of nitrogens with two attached hydrogens (primary N) is 1. The fourth-order valence-electron chi connectivity index (χ4n) is 4.14. The summed E-state index contributed by atoms with van der Waals surface area (Å²) in [6.45, 7) is 1.96. The number of fused-ring (bicyclic) bond motifs is 1. The Morgan fingerprint density at radius 2 is 1.81 bits per heavy atom. The van der Waals surface area contributed by atoms with Gasteiger partial charge in [0.2, 0.25) is 10.0 Å². The Hall–Kier alpha value is -4.53. The number of carbonyl (C=O) groups is 1. The fraction of sp³-hybridized carbons (Fsp3) is 0.143. The number of nitrogens with one attached hydrogen (secondary N) is 3. The minimum Gasteiger partial charge on any atom is -0.383 e. The molecule has 1 amide bonds. The predicted molar refractivity (Wildman–Crippen MR) is 157 cm³/mol. The van der Waals surface area contributed by atoms with E-state index in [9.17, 15) is 22.0 Å². The van der Waals surface area contributed by atoms with Crippen molar-refractivity contribution in [1.82, 2.24) is 25.0 Å². The third-order valence-electron chi connectivity index (χ3n) is 6.23. The molecule has 2 aromatic carbocycles. The summed E-state index contributed by atoms with van der Waals surface area (Å²) in [6, 6.07) is 14.1. The smallest absolute Gasteiger partial charge is 0.255 e. The SMILES string of the molecule is CCNS(=O)(=O)c1cnc(NCc2ccc(-c3ccc4ncnc(N)c4c3)s2)c(C(=O)NCc2ccc(F)c(F)c2)c1. The van der Waals surface area contributed by atoms with Gasteiger partial charge >= 0.3 is 0 Å². The van der Waals surface area contributed by atoms with Gasteiger partial charge in [0.25, 0.3) is 5.91 Å². The molecular formula is C28H25F2N7O3S2. The van der Waals surface area contributed by atoms with Crippen LogP contribution in [0.5, 0.6) is 0 Å². The number of aromatic nitrogens is 3. The maximum atomic E-state index is 13.6. The van der Waals surface area contributed by atoms with Crippen molar-refractivity contribution in [3.63, 3.8) is 0 Å². The zero-order valence-electron chi connectivity index (χ0n) is 22.2. The van der Waals surface area contributed by atoms with Crippen LogP contribution in [0.15, 0.2) is 72.0 Å². The average Bonchev–Trinajstić information content (AvgIpc) is 3.45. The maximum absolute atomic E-state index is 13.6. The number of anilines is 2. The van der Waals surface area contributed by atoms with Gasteiger partial charge in [-0.15, -0.1) is 11.3 Å². The van der Waals surface area contributed by atoms with Crippen LogP contribution >= 0.6 is 11.3 Å². The van der Waals surface area contributed by atoms with E-state index < -0.39 is 27.6 Å². The van der Waals surface area contributed by atoms with Crippen LogP contribution in [0.3, 0.4) is 0 Å². The van der Waals surface area contributed by atoms with Gasteiger partial charge in [-0.2, -0.15) is 0 Å². The highest BCUT2D eigenvalue weighted by molar-refractivity contribution is 7.89. The van der Waals surface area contributed by atoms with E-state index in [-0.39, 0.29) is 29.4 Å². The van der Waals surface area contributed by atoms with Gasteiger partial charge in [-0.3, -0.25) is 4.79 Å². The monoisotopic (exact) mass is 609 g/mol. The topological polar surface area (TPSA) is 152 Å². The highest BCUT2D eigenvalue weighted by Crippen LogP contribution is 2.32. The number of amides is 1. The standard InChI is InChI=1S/C28H25F2N7O3S2/c1-2-37-42(39,40)19-11-21(28(38)34-12-16-3-6-22(29)23(30)9-16)27(33-14-19)32-13-18-5-8-25(41-18)17-4-7-24-20(10-17)26(31)36-15-35-24/h3-11,14-15,37H,2,12-13H2,1H3,(H,32,33)(H,34,38)(H2,31,35,36). The molecule has 3 heterocycles. The van der Waals surface area contributed by atoms with Gasteiger partial charge in [0, 0.05) is 34.4 Å². The molecule has 0 aliphatic rings. The molecule has 0 aliphatic carbocycles. The molecular weight excluding hydrogens is 584 g/mol. The van der Waals surface area contributed by atoms with E-state index in [1.54, 1.807) is 6.92 Å². The first-order valence-corrected chi connectivity index (χ1v) is 15.0. The summed E-state index contributed by atoms with van der Waals surface area (Å²) in [4.78, 5) is 27.4. The van der Waals surface area contributed by atoms with E-state index >= 15 is 0 Å². The first-order valence-electron chi connectivity index (χ1n) is 12.7. The molecule has 5 N–H and O–H groups in total. The molecule has 0 atom stereocenters. The molecule has 0 unspecified atom stereocenters. The summed E-state index contributed by atoms with van der Waals surface area (Å²) in [5, 5.41) is 6.48. The molecule has 0 fully saturated rings. The number of sulfonamides is 1. The van der Waals surface area contributed by atoms with E-state index in [4.69, 9.17) is 5.73 Å². The van der Waals surface area contributed by atoms with Gasteiger partial charge in [0.05, 0.1) is 17.6 Å². The molecule has 5 rings (SSSR count). The Balaban J connectivity index is 1.37. The van der Waals surface area contributed by atoms with E-state index in [0.717, 1.165) is 44.6 Å². The lowest BCUT2D eigenvalue weighted by Crippen LogP contribution is -2.27. The van der Waals surface area contributed by atoms with Crippen molar-refractivity contribution in [3.05, 3.63) is 94.8 Å². The van der Waals surface area contributed by atoms with E-state index in [1.165, 1.54) is 29.8 Å². The molecule has 3 aromatic heterocycles. The summed E-state index contributed by atoms with van der Waals surface area (Å²) in [5.41, 5.74) is 7.99. The van der Waals surface area contributed by atoms with Crippen molar-refractivity contribution < 1.29 is 22.0 Å². The minimum absolute atomic E-state index is 0.0293. The van der Waals surface area contributed by atoms with Crippen LogP contribution in [-0.2, 0) is 23.1 Å². The zero-order valence-corrected chi connectivity index (χ0v) is 23.8. The van der Waals surface area contributed by atoms with Crippen LogP contribution in [-0.4, -0.2) is 35.8 Å². The van der Waals surface area contributed by atoms with Crippen molar-refractivity contribution >= 4 is 49.8 Å². The molecule has 10 nitrogen and oxygen atoms in total. The van der Waals surface area contributed by atoms with Gasteiger partial charge in [-0.05, 0) is 53.6 Å². The highest BCUT2D eigenvalue weighted by atomic mass is 32.2. The van der Waals surface area contributed by atoms with Crippen molar-refractivity contribution in [2.45, 2.75) is 24.9 Å². The Kier molecular flexibility index (Phi) is 8.38. The lowest BCUT2D eigenvalue weighted by molar-refractivity contribution is 0.0951. The molecule has 0 aliphatic heterocycles. The first-order chi connectivity index (χ1) is 20.1. The second-order valence-corrected chi connectivity index (χ2v) is 12.0. The molecule has 0 spiro atoms. The summed E-state index contributed by atoms with van der Waals surface area (Å²) in [6.07, 6.45) is 2.58. The van der Waals surface area contributed by atoms with Crippen molar-refractivity contribution in [3.8, 4) is 10.4 Å². The Morgan fingerprint density at radius 1 is 0.976 bits per heavy atom. The Labute approximate surface area is 244 Å². The van der Waals surface area contributed by atoms with Crippen LogP contribution in [0.2, 0.25) is 0 Å². The summed E-state index contributed by atoms with van der Waals surface area (Å²) < 4.78 is 54.5. The zero-order chi connectivity index (χ0) is 29.9. The van der Waals surface area contributed by atoms with Crippen molar-refractivity contribution in [1.29, 1.82) is 0 Å². The molecule has 0 bridgehead atoms. The molecule has 216 valence electrons. The van der Waals surface area contributed by atoms with E-state index in [2.05, 4.69) is 30.3 Å². The lowest BCUT2D eigenvalue weighted by atomic mass is 10.1. The fourth-order valence-corrected chi connectivity index (χ4v) is 6.09. The third kappa shape index (κ3) is 6.35. The lowest BCUT2D eigenvalue weighted by Gasteiger charge is -2.13. The number of thiophene rings is 1. The van der Waals surface area contributed by atoms with Crippen LogP contribution in [0.1, 0.15) is 27.7 Å². The number of nitrogens with zero attached hydrogens (tertiary/aromatic N) is 3. The van der Waals surface area contributed by atoms with Crippen molar-refractivity contribution in [2.24, 2.45) is 0 Å². The van der Waals surface area contributed by atoms with Crippen LogP contribution in [0.4, 0.5) is 20.4 Å². The minimum atomic E-state index is -3.90. The molecule has 0 radical (unpaired) electrons. The molecule has 5 aromatic rings. The number of hydrogen-bond acceptors (Lipinski definition) is 9. The maximum Gasteiger partial charge on any atom is 0.255 e. The van der Waals surface area contributed by atoms with Crippen LogP contribution in [0, 0.1) is 11.6 Å². The third-order valence-corrected chi connectivity index (χ3v) is 8.88. The number of rotatable bonds is 10. The van der Waals surface area contributed by atoms with Crippen molar-refractivity contribution in [2.75, 3.05) is 17.6 Å². The summed E-state index contributed by atoms with van der Waals surface area (Å²) in [5.74, 6) is -2.15. The normalized spacial score (nSPS) is 11.5. The summed E-state index contributed by atoms with van der Waals surface area (Å²) >= 11 is 1.51. The number of hydrogen-bond donors (Lipinski definition) is 4.